The summed E-state index contributed by atoms with van der Waals surface area (Å²) in [4.78, 5) is 15.8. The van der Waals surface area contributed by atoms with E-state index in [0.29, 0.717) is 22.9 Å². The van der Waals surface area contributed by atoms with Crippen molar-refractivity contribution >= 4 is 41.3 Å². The number of hydrogen-bond acceptors (Lipinski definition) is 7. The summed E-state index contributed by atoms with van der Waals surface area (Å²) >= 11 is 6.02. The Morgan fingerprint density at radius 3 is 2.48 bits per heavy atom. The van der Waals surface area contributed by atoms with Gasteiger partial charge in [0.05, 0.1) is 6.21 Å². The van der Waals surface area contributed by atoms with Crippen LogP contribution in [0.4, 0.5) is 23.5 Å². The van der Waals surface area contributed by atoms with Crippen LogP contribution in [-0.4, -0.2) is 34.3 Å². The number of halogens is 1. The molecule has 1 saturated heterocycles. The first-order valence-electron chi connectivity index (χ1n) is 9.64. The third-order valence-corrected chi connectivity index (χ3v) is 4.75. The second-order valence-electron chi connectivity index (χ2n) is 6.75. The predicted octanol–water partition coefficient (Wildman–Crippen LogP) is 4.70. The minimum atomic E-state index is 0.386. The van der Waals surface area contributed by atoms with Gasteiger partial charge >= 0.3 is 0 Å². The molecule has 0 amide bonds. The van der Waals surface area contributed by atoms with E-state index in [1.807, 2.05) is 54.6 Å². The summed E-state index contributed by atoms with van der Waals surface area (Å²) in [5.74, 6) is 1.52. The molecule has 148 valence electrons. The highest BCUT2D eigenvalue weighted by Crippen LogP contribution is 2.20. The third kappa shape index (κ3) is 5.42. The van der Waals surface area contributed by atoms with Gasteiger partial charge in [0.25, 0.3) is 0 Å². The molecule has 1 aliphatic heterocycles. The zero-order valence-corrected chi connectivity index (χ0v) is 16.7. The van der Waals surface area contributed by atoms with E-state index in [2.05, 4.69) is 35.7 Å². The second kappa shape index (κ2) is 9.34. The number of piperidine rings is 1. The summed E-state index contributed by atoms with van der Waals surface area (Å²) in [6, 6.07) is 17.3. The number of para-hydroxylation sites is 1. The third-order valence-electron chi connectivity index (χ3n) is 4.52. The zero-order valence-electron chi connectivity index (χ0n) is 15.9. The summed E-state index contributed by atoms with van der Waals surface area (Å²) in [7, 11) is 0. The number of nitrogens with one attached hydrogen (secondary N) is 2. The Bertz CT molecular complexity index is 972. The maximum atomic E-state index is 6.02. The highest BCUT2D eigenvalue weighted by Gasteiger charge is 2.16. The Hall–Kier alpha value is -3.19. The first-order chi connectivity index (χ1) is 14.3. The average molecular weight is 408 g/mol. The molecule has 2 aromatic carbocycles. The lowest BCUT2D eigenvalue weighted by Crippen LogP contribution is -2.31. The van der Waals surface area contributed by atoms with E-state index in [-0.39, 0.29) is 0 Å². The van der Waals surface area contributed by atoms with Gasteiger partial charge in [-0.2, -0.15) is 20.1 Å². The van der Waals surface area contributed by atoms with Crippen molar-refractivity contribution in [2.45, 2.75) is 19.3 Å². The van der Waals surface area contributed by atoms with Crippen molar-refractivity contribution in [2.24, 2.45) is 5.10 Å². The molecule has 0 aliphatic carbocycles. The van der Waals surface area contributed by atoms with Crippen LogP contribution in [0.1, 0.15) is 24.8 Å². The number of anilines is 4. The molecule has 1 fully saturated rings. The van der Waals surface area contributed by atoms with Gasteiger partial charge in [0, 0.05) is 23.8 Å². The summed E-state index contributed by atoms with van der Waals surface area (Å²) < 4.78 is 0. The molecular formula is C21H22ClN7. The van der Waals surface area contributed by atoms with Gasteiger partial charge in [0.15, 0.2) is 0 Å². The van der Waals surface area contributed by atoms with Crippen molar-refractivity contribution in [3.05, 3.63) is 65.2 Å². The van der Waals surface area contributed by atoms with Crippen LogP contribution in [0, 0.1) is 0 Å². The van der Waals surface area contributed by atoms with Crippen molar-refractivity contribution in [3.8, 4) is 0 Å². The minimum Gasteiger partial charge on any atom is -0.341 e. The second-order valence-corrected chi connectivity index (χ2v) is 7.18. The monoisotopic (exact) mass is 407 g/mol. The molecule has 7 nitrogen and oxygen atoms in total. The summed E-state index contributed by atoms with van der Waals surface area (Å²) in [6.45, 7) is 1.89. The molecule has 0 atom stereocenters. The standard InChI is InChI=1S/C21H22ClN7/c22-17-9-7-8-16(14-17)15-23-28-20-25-19(24-18-10-3-1-4-11-18)26-21(27-20)29-12-5-2-6-13-29/h1,3-4,7-11,14-15H,2,5-6,12-13H2,(H2,24,25,26,27,28)/b23-15+. The molecule has 29 heavy (non-hydrogen) atoms. The van der Waals surface area contributed by atoms with Gasteiger partial charge < -0.3 is 10.2 Å². The van der Waals surface area contributed by atoms with Gasteiger partial charge in [-0.25, -0.2) is 5.43 Å². The number of aromatic nitrogens is 3. The van der Waals surface area contributed by atoms with Gasteiger partial charge in [-0.15, -0.1) is 0 Å². The number of nitrogens with zero attached hydrogens (tertiary/aromatic N) is 5. The normalized spacial score (nSPS) is 14.2. The van der Waals surface area contributed by atoms with Crippen LogP contribution in [0.15, 0.2) is 59.7 Å². The summed E-state index contributed by atoms with van der Waals surface area (Å²) in [5, 5.41) is 8.16. The van der Waals surface area contributed by atoms with E-state index < -0.39 is 0 Å². The lowest BCUT2D eigenvalue weighted by Gasteiger charge is -2.26. The van der Waals surface area contributed by atoms with Gasteiger partial charge in [-0.05, 0) is 49.1 Å². The number of benzene rings is 2. The fraction of sp³-hybridized carbons (Fsp3) is 0.238. The fourth-order valence-electron chi connectivity index (χ4n) is 3.11. The topological polar surface area (TPSA) is 78.3 Å². The van der Waals surface area contributed by atoms with E-state index >= 15 is 0 Å². The zero-order chi connectivity index (χ0) is 19.9. The molecule has 1 aliphatic rings. The Balaban J connectivity index is 1.56. The van der Waals surface area contributed by atoms with Crippen molar-refractivity contribution in [1.29, 1.82) is 0 Å². The van der Waals surface area contributed by atoms with Gasteiger partial charge in [-0.1, -0.05) is 41.9 Å². The molecule has 0 unspecified atom stereocenters. The van der Waals surface area contributed by atoms with Crippen LogP contribution in [0.25, 0.3) is 0 Å². The highest BCUT2D eigenvalue weighted by molar-refractivity contribution is 6.30. The molecule has 0 spiro atoms. The molecule has 2 heterocycles. The molecule has 0 bridgehead atoms. The Labute approximate surface area is 174 Å². The van der Waals surface area contributed by atoms with Crippen LogP contribution in [0.3, 0.4) is 0 Å². The molecular weight excluding hydrogens is 386 g/mol. The maximum Gasteiger partial charge on any atom is 0.250 e. The largest absolute Gasteiger partial charge is 0.341 e. The molecule has 2 N–H and O–H groups in total. The predicted molar refractivity (Wildman–Crippen MR) is 118 cm³/mol. The quantitative estimate of drug-likeness (QED) is 0.455. The van der Waals surface area contributed by atoms with Crippen molar-refractivity contribution in [2.75, 3.05) is 28.7 Å². The number of hydrazone groups is 1. The van der Waals surface area contributed by atoms with Crippen molar-refractivity contribution in [3.63, 3.8) is 0 Å². The fourth-order valence-corrected chi connectivity index (χ4v) is 3.31. The Kier molecular flexibility index (Phi) is 6.16. The number of rotatable bonds is 6. The van der Waals surface area contributed by atoms with E-state index in [4.69, 9.17) is 11.6 Å². The van der Waals surface area contributed by atoms with Crippen molar-refractivity contribution < 1.29 is 0 Å². The van der Waals surface area contributed by atoms with Gasteiger partial charge in [0.2, 0.25) is 17.8 Å². The molecule has 8 heteroatoms. The van der Waals surface area contributed by atoms with Gasteiger partial charge in [0.1, 0.15) is 0 Å². The van der Waals surface area contributed by atoms with E-state index in [9.17, 15) is 0 Å². The molecule has 1 aromatic heterocycles. The first kappa shape index (κ1) is 19.1. The highest BCUT2D eigenvalue weighted by atomic mass is 35.5. The maximum absolute atomic E-state index is 6.02. The minimum absolute atomic E-state index is 0.386. The van der Waals surface area contributed by atoms with Crippen LogP contribution in [0.2, 0.25) is 5.02 Å². The first-order valence-corrected chi connectivity index (χ1v) is 10.0. The Morgan fingerprint density at radius 1 is 0.897 bits per heavy atom. The molecule has 4 rings (SSSR count). The number of hydrogen-bond donors (Lipinski definition) is 2. The molecule has 0 saturated carbocycles. The van der Waals surface area contributed by atoms with Crippen molar-refractivity contribution in [1.82, 2.24) is 15.0 Å². The molecule has 3 aromatic rings. The van der Waals surface area contributed by atoms with Crippen LogP contribution in [-0.2, 0) is 0 Å². The lowest BCUT2D eigenvalue weighted by atomic mass is 10.1. The smallest absolute Gasteiger partial charge is 0.250 e. The van der Waals surface area contributed by atoms with Crippen LogP contribution in [0.5, 0.6) is 0 Å². The van der Waals surface area contributed by atoms with E-state index in [1.165, 1.54) is 6.42 Å². The lowest BCUT2D eigenvalue weighted by molar-refractivity contribution is 0.568. The average Bonchev–Trinajstić information content (AvgIpc) is 2.75. The Morgan fingerprint density at radius 2 is 1.69 bits per heavy atom. The molecule has 0 radical (unpaired) electrons. The van der Waals surface area contributed by atoms with E-state index in [1.54, 1.807) is 6.21 Å². The summed E-state index contributed by atoms with van der Waals surface area (Å²) in [5.41, 5.74) is 4.72. The van der Waals surface area contributed by atoms with E-state index in [0.717, 1.165) is 37.2 Å². The summed E-state index contributed by atoms with van der Waals surface area (Å²) in [6.07, 6.45) is 5.21. The van der Waals surface area contributed by atoms with Gasteiger partial charge in [-0.3, -0.25) is 0 Å². The van der Waals surface area contributed by atoms with Crippen LogP contribution < -0.4 is 15.6 Å². The SMILES string of the molecule is Clc1cccc(/C=N/Nc2nc(Nc3ccccc3)nc(N3CCCCC3)n2)c1. The van der Waals surface area contributed by atoms with Crippen LogP contribution >= 0.6 is 11.6 Å².